The number of nitrogens with zero attached hydrogens (tertiary/aromatic N) is 2. The van der Waals surface area contributed by atoms with Crippen molar-refractivity contribution < 1.29 is 28.7 Å². The van der Waals surface area contributed by atoms with Gasteiger partial charge in [-0.3, -0.25) is 29.0 Å². The number of amides is 2. The van der Waals surface area contributed by atoms with Gasteiger partial charge in [-0.25, -0.2) is 0 Å². The maximum Gasteiger partial charge on any atom is 0.264 e. The number of morpholine rings is 1. The summed E-state index contributed by atoms with van der Waals surface area (Å²) in [5.41, 5.74) is 1.72. The van der Waals surface area contributed by atoms with Gasteiger partial charge in [-0.15, -0.1) is 12.4 Å². The standard InChI is InChI=1S/C26H27N3O6.ClH/c30-18-6-9-22(23(31)16-18)29-25(32)20-2-1-3-21(24(20)26(29)33)27-17-4-7-19(8-5-17)35-15-12-28-10-13-34-14-11-28;/h1-5,7-8,22,27H,6,9-16H2;1H. The molecule has 1 aliphatic carbocycles. The van der Waals surface area contributed by atoms with E-state index in [2.05, 4.69) is 10.2 Å². The van der Waals surface area contributed by atoms with Crippen LogP contribution in [0.1, 0.15) is 40.0 Å². The minimum atomic E-state index is -0.887. The molecule has 0 bridgehead atoms. The van der Waals surface area contributed by atoms with E-state index in [1.165, 1.54) is 0 Å². The van der Waals surface area contributed by atoms with E-state index in [0.717, 1.165) is 49.2 Å². The molecular formula is C26H28ClN3O6. The van der Waals surface area contributed by atoms with Gasteiger partial charge in [-0.2, -0.15) is 0 Å². The lowest BCUT2D eigenvalue weighted by Gasteiger charge is -2.27. The lowest BCUT2D eigenvalue weighted by molar-refractivity contribution is -0.132. The Balaban J connectivity index is 0.00000304. The first-order valence-electron chi connectivity index (χ1n) is 11.9. The van der Waals surface area contributed by atoms with Gasteiger partial charge >= 0.3 is 0 Å². The minimum absolute atomic E-state index is 0. The average Bonchev–Trinajstić information content (AvgIpc) is 3.12. The van der Waals surface area contributed by atoms with Crippen molar-refractivity contribution in [2.45, 2.75) is 25.3 Å². The van der Waals surface area contributed by atoms with Crippen LogP contribution in [0, 0.1) is 0 Å². The third-order valence-corrected chi connectivity index (χ3v) is 6.61. The van der Waals surface area contributed by atoms with Crippen LogP contribution in [-0.4, -0.2) is 78.7 Å². The molecule has 190 valence electrons. The Morgan fingerprint density at radius 2 is 1.72 bits per heavy atom. The van der Waals surface area contributed by atoms with Gasteiger partial charge in [0.25, 0.3) is 11.8 Å². The zero-order chi connectivity index (χ0) is 24.4. The Kier molecular flexibility index (Phi) is 8.03. The van der Waals surface area contributed by atoms with E-state index in [4.69, 9.17) is 9.47 Å². The molecule has 10 heteroatoms. The number of Topliss-reactive ketones (excluding diaryl/α,β-unsaturated/α-hetero) is 2. The quantitative estimate of drug-likeness (QED) is 0.445. The first-order chi connectivity index (χ1) is 17.0. The van der Waals surface area contributed by atoms with Crippen LogP contribution in [0.2, 0.25) is 0 Å². The van der Waals surface area contributed by atoms with Crippen molar-refractivity contribution in [1.82, 2.24) is 9.80 Å². The number of hydrogen-bond acceptors (Lipinski definition) is 8. The maximum absolute atomic E-state index is 13.2. The summed E-state index contributed by atoms with van der Waals surface area (Å²) in [6.45, 7) is 4.76. The summed E-state index contributed by atoms with van der Waals surface area (Å²) in [6.07, 6.45) is 0.138. The van der Waals surface area contributed by atoms with Crippen molar-refractivity contribution in [3.8, 4) is 5.75 Å². The molecule has 0 aromatic heterocycles. The fourth-order valence-corrected chi connectivity index (χ4v) is 4.73. The molecule has 5 rings (SSSR count). The highest BCUT2D eigenvalue weighted by Crippen LogP contribution is 2.34. The highest BCUT2D eigenvalue weighted by Gasteiger charge is 2.45. The number of fused-ring (bicyclic) bond motifs is 1. The zero-order valence-electron chi connectivity index (χ0n) is 19.7. The third-order valence-electron chi connectivity index (χ3n) is 6.61. The van der Waals surface area contributed by atoms with Gasteiger partial charge < -0.3 is 14.8 Å². The number of hydrogen-bond donors (Lipinski definition) is 1. The number of ketones is 2. The van der Waals surface area contributed by atoms with Crippen LogP contribution < -0.4 is 10.1 Å². The van der Waals surface area contributed by atoms with Crippen LogP contribution in [-0.2, 0) is 14.3 Å². The molecule has 2 heterocycles. The topological polar surface area (TPSA) is 105 Å². The van der Waals surface area contributed by atoms with Crippen LogP contribution >= 0.6 is 12.4 Å². The number of carbonyl (C=O) groups is 4. The van der Waals surface area contributed by atoms with Crippen LogP contribution in [0.3, 0.4) is 0 Å². The van der Waals surface area contributed by atoms with E-state index in [1.54, 1.807) is 18.2 Å². The maximum atomic E-state index is 13.2. The van der Waals surface area contributed by atoms with Crippen LogP contribution in [0.25, 0.3) is 0 Å². The Bertz CT molecular complexity index is 1160. The van der Waals surface area contributed by atoms with Crippen molar-refractivity contribution in [1.29, 1.82) is 0 Å². The lowest BCUT2D eigenvalue weighted by atomic mass is 9.92. The Hall–Kier alpha value is -3.27. The molecule has 1 N–H and O–H groups in total. The van der Waals surface area contributed by atoms with Gasteiger partial charge in [0, 0.05) is 31.7 Å². The molecule has 0 radical (unpaired) electrons. The summed E-state index contributed by atoms with van der Waals surface area (Å²) in [5, 5.41) is 3.22. The number of nitrogens with one attached hydrogen (secondary N) is 1. The van der Waals surface area contributed by atoms with E-state index in [0.29, 0.717) is 12.3 Å². The SMILES string of the molecule is Cl.O=C1CCC(N2C(=O)c3cccc(Nc4ccc(OCCN5CCOCC5)cc4)c3C2=O)C(=O)C1. The number of imide groups is 1. The summed E-state index contributed by atoms with van der Waals surface area (Å²) in [5.74, 6) is -0.799. The second-order valence-corrected chi connectivity index (χ2v) is 8.90. The molecular weight excluding hydrogens is 486 g/mol. The summed E-state index contributed by atoms with van der Waals surface area (Å²) in [6, 6.07) is 11.5. The number of anilines is 2. The normalized spacial score (nSPS) is 20.2. The van der Waals surface area contributed by atoms with Crippen molar-refractivity contribution in [2.24, 2.45) is 0 Å². The Morgan fingerprint density at radius 1 is 0.972 bits per heavy atom. The predicted molar refractivity (Wildman–Crippen MR) is 134 cm³/mol. The zero-order valence-corrected chi connectivity index (χ0v) is 20.6. The molecule has 3 aliphatic rings. The van der Waals surface area contributed by atoms with Gasteiger partial charge in [-0.1, -0.05) is 6.07 Å². The molecule has 9 nitrogen and oxygen atoms in total. The fraction of sp³-hybridized carbons (Fsp3) is 0.385. The van der Waals surface area contributed by atoms with Crippen molar-refractivity contribution >= 4 is 47.2 Å². The summed E-state index contributed by atoms with van der Waals surface area (Å²) >= 11 is 0. The molecule has 1 saturated carbocycles. The average molecular weight is 514 g/mol. The molecule has 2 amide bonds. The molecule has 1 saturated heterocycles. The molecule has 1 unspecified atom stereocenters. The fourth-order valence-electron chi connectivity index (χ4n) is 4.73. The van der Waals surface area contributed by atoms with Crippen LogP contribution in [0.5, 0.6) is 5.75 Å². The van der Waals surface area contributed by atoms with Gasteiger partial charge in [0.2, 0.25) is 0 Å². The van der Waals surface area contributed by atoms with E-state index in [1.807, 2.05) is 24.3 Å². The largest absolute Gasteiger partial charge is 0.492 e. The van der Waals surface area contributed by atoms with Gasteiger partial charge in [-0.05, 0) is 42.8 Å². The summed E-state index contributed by atoms with van der Waals surface area (Å²) in [7, 11) is 0. The second-order valence-electron chi connectivity index (χ2n) is 8.90. The number of benzene rings is 2. The van der Waals surface area contributed by atoms with E-state index >= 15 is 0 Å². The number of ether oxygens (including phenoxy) is 2. The number of carbonyl (C=O) groups excluding carboxylic acids is 4. The van der Waals surface area contributed by atoms with Crippen molar-refractivity contribution in [3.05, 3.63) is 53.6 Å². The number of rotatable bonds is 7. The monoisotopic (exact) mass is 513 g/mol. The van der Waals surface area contributed by atoms with Crippen molar-refractivity contribution in [3.63, 3.8) is 0 Å². The van der Waals surface area contributed by atoms with Crippen LogP contribution in [0.15, 0.2) is 42.5 Å². The highest BCUT2D eigenvalue weighted by atomic mass is 35.5. The van der Waals surface area contributed by atoms with Gasteiger partial charge in [0.1, 0.15) is 18.1 Å². The predicted octanol–water partition coefficient (Wildman–Crippen LogP) is 2.85. The van der Waals surface area contributed by atoms with E-state index < -0.39 is 17.9 Å². The molecule has 1 atom stereocenters. The lowest BCUT2D eigenvalue weighted by Crippen LogP contribution is -2.47. The molecule has 2 aromatic rings. The van der Waals surface area contributed by atoms with Gasteiger partial charge in [0.15, 0.2) is 5.78 Å². The number of halogens is 1. The molecule has 2 aliphatic heterocycles. The third kappa shape index (κ3) is 5.28. The second kappa shape index (κ2) is 11.2. The van der Waals surface area contributed by atoms with Gasteiger partial charge in [0.05, 0.1) is 42.5 Å². The first-order valence-corrected chi connectivity index (χ1v) is 11.9. The molecule has 2 fully saturated rings. The molecule has 36 heavy (non-hydrogen) atoms. The molecule has 0 spiro atoms. The Labute approximate surface area is 215 Å². The summed E-state index contributed by atoms with van der Waals surface area (Å²) < 4.78 is 11.2. The smallest absolute Gasteiger partial charge is 0.264 e. The minimum Gasteiger partial charge on any atom is -0.492 e. The first kappa shape index (κ1) is 25.8. The summed E-state index contributed by atoms with van der Waals surface area (Å²) in [4.78, 5) is 53.6. The van der Waals surface area contributed by atoms with E-state index in [-0.39, 0.29) is 54.4 Å². The van der Waals surface area contributed by atoms with Crippen LogP contribution in [0.4, 0.5) is 11.4 Å². The highest BCUT2D eigenvalue weighted by molar-refractivity contribution is 6.25. The van der Waals surface area contributed by atoms with Crippen molar-refractivity contribution in [2.75, 3.05) is 44.8 Å². The Morgan fingerprint density at radius 3 is 2.44 bits per heavy atom. The van der Waals surface area contributed by atoms with E-state index in [9.17, 15) is 19.2 Å². The molecule has 2 aromatic carbocycles.